The van der Waals surface area contributed by atoms with Crippen molar-refractivity contribution in [1.82, 2.24) is 5.16 Å². The standard InChI is InChI=1S/C33H44N2O4/c1-22(2)32(38-5)18-9-23(3)26-12-10-25(11-13-26)21-35(33(37)27-14-16-30(36)17-15-27)29-8-6-7-28(20-29)31-19-24(4)39-34-31/h6-9,18-20,25-27,30,36H,3,10-17,21H2,1-2,4-5H3/b18-9-/t25-,26-,27-,30-. The smallest absolute Gasteiger partial charge is 0.230 e. The number of anilines is 1. The van der Waals surface area contributed by atoms with Gasteiger partial charge in [0.15, 0.2) is 0 Å². The monoisotopic (exact) mass is 532 g/mol. The molecule has 1 aromatic heterocycles. The van der Waals surface area contributed by atoms with Gasteiger partial charge in [-0.1, -0.05) is 35.5 Å². The molecule has 0 atom stereocenters. The Kier molecular flexibility index (Phi) is 9.84. The summed E-state index contributed by atoms with van der Waals surface area (Å²) in [4.78, 5) is 15.9. The molecule has 210 valence electrons. The lowest BCUT2D eigenvalue weighted by Crippen LogP contribution is -2.42. The van der Waals surface area contributed by atoms with Crippen LogP contribution in [-0.4, -0.2) is 35.9 Å². The first kappa shape index (κ1) is 28.9. The van der Waals surface area contributed by atoms with Gasteiger partial charge >= 0.3 is 0 Å². The van der Waals surface area contributed by atoms with Crippen LogP contribution in [0.3, 0.4) is 0 Å². The van der Waals surface area contributed by atoms with Crippen LogP contribution < -0.4 is 4.90 Å². The molecular weight excluding hydrogens is 488 g/mol. The number of rotatable bonds is 9. The lowest BCUT2D eigenvalue weighted by atomic mass is 9.78. The first-order valence-electron chi connectivity index (χ1n) is 14.4. The van der Waals surface area contributed by atoms with Crippen LogP contribution in [0.2, 0.25) is 0 Å². The Labute approximate surface area is 233 Å². The van der Waals surface area contributed by atoms with E-state index in [1.807, 2.05) is 56.0 Å². The molecule has 0 aliphatic heterocycles. The Balaban J connectivity index is 1.47. The number of aromatic nitrogens is 1. The molecule has 4 rings (SSSR count). The highest BCUT2D eigenvalue weighted by Crippen LogP contribution is 2.36. The number of methoxy groups -OCH3 is 1. The molecule has 0 spiro atoms. The SMILES string of the molecule is C=C(/C=C\C(OC)=C(C)C)[C@H]1CC[C@H](CN(c2cccc(-c3cc(C)on3)c2)C(=O)[C@H]2CC[C@H](O)CC2)CC1. The van der Waals surface area contributed by atoms with E-state index >= 15 is 0 Å². The predicted molar refractivity (Wildman–Crippen MR) is 156 cm³/mol. The Morgan fingerprint density at radius 2 is 1.77 bits per heavy atom. The topological polar surface area (TPSA) is 75.8 Å². The van der Waals surface area contributed by atoms with Crippen molar-refractivity contribution < 1.29 is 19.2 Å². The molecule has 0 saturated heterocycles. The summed E-state index contributed by atoms with van der Waals surface area (Å²) in [5.74, 6) is 2.67. The maximum atomic E-state index is 13.9. The fourth-order valence-corrected chi connectivity index (χ4v) is 5.93. The molecule has 2 fully saturated rings. The number of benzene rings is 1. The summed E-state index contributed by atoms with van der Waals surface area (Å²) in [6.07, 6.45) is 11.0. The van der Waals surface area contributed by atoms with Gasteiger partial charge in [0.1, 0.15) is 17.2 Å². The molecule has 0 bridgehead atoms. The largest absolute Gasteiger partial charge is 0.497 e. The minimum absolute atomic E-state index is 0.0438. The molecule has 1 heterocycles. The second-order valence-corrected chi connectivity index (χ2v) is 11.5. The average Bonchev–Trinajstić information content (AvgIpc) is 3.38. The van der Waals surface area contributed by atoms with Crippen molar-refractivity contribution in [1.29, 1.82) is 0 Å². The molecular formula is C33H44N2O4. The van der Waals surface area contributed by atoms with Gasteiger partial charge in [0, 0.05) is 29.8 Å². The quantitative estimate of drug-likeness (QED) is 0.269. The Hall–Kier alpha value is -3.12. The molecule has 2 aromatic rings. The minimum atomic E-state index is -0.282. The van der Waals surface area contributed by atoms with Gasteiger partial charge in [0.05, 0.1) is 13.2 Å². The zero-order valence-corrected chi connectivity index (χ0v) is 24.0. The third-order valence-corrected chi connectivity index (χ3v) is 8.37. The summed E-state index contributed by atoms with van der Waals surface area (Å²) >= 11 is 0. The lowest BCUT2D eigenvalue weighted by Gasteiger charge is -2.36. The van der Waals surface area contributed by atoms with Crippen LogP contribution in [0, 0.1) is 24.7 Å². The van der Waals surface area contributed by atoms with Gasteiger partial charge in [-0.05, 0) is 108 Å². The number of allylic oxidation sites excluding steroid dienone is 4. The Bertz CT molecular complexity index is 1190. The minimum Gasteiger partial charge on any atom is -0.497 e. The summed E-state index contributed by atoms with van der Waals surface area (Å²) < 4.78 is 10.8. The average molecular weight is 533 g/mol. The third-order valence-electron chi connectivity index (χ3n) is 8.37. The fourth-order valence-electron chi connectivity index (χ4n) is 5.93. The van der Waals surface area contributed by atoms with Crippen molar-refractivity contribution in [2.45, 2.75) is 78.2 Å². The second-order valence-electron chi connectivity index (χ2n) is 11.5. The fraction of sp³-hybridized carbons (Fsp3) is 0.515. The number of carbonyl (C=O) groups excluding carboxylic acids is 1. The molecule has 2 aliphatic rings. The molecule has 39 heavy (non-hydrogen) atoms. The molecule has 0 unspecified atom stereocenters. The first-order chi connectivity index (χ1) is 18.7. The van der Waals surface area contributed by atoms with Crippen molar-refractivity contribution in [3.8, 4) is 11.3 Å². The van der Waals surface area contributed by atoms with Gasteiger partial charge in [-0.3, -0.25) is 4.79 Å². The maximum absolute atomic E-state index is 13.9. The maximum Gasteiger partial charge on any atom is 0.230 e. The number of ether oxygens (including phenoxy) is 1. The zero-order valence-electron chi connectivity index (χ0n) is 24.0. The molecule has 1 aromatic carbocycles. The molecule has 2 aliphatic carbocycles. The van der Waals surface area contributed by atoms with E-state index in [4.69, 9.17) is 9.26 Å². The molecule has 1 amide bonds. The lowest BCUT2D eigenvalue weighted by molar-refractivity contribution is -0.124. The number of amides is 1. The number of aliphatic hydroxyl groups is 1. The van der Waals surface area contributed by atoms with E-state index in [-0.39, 0.29) is 17.9 Å². The van der Waals surface area contributed by atoms with Crippen molar-refractivity contribution in [2.75, 3.05) is 18.6 Å². The van der Waals surface area contributed by atoms with Gasteiger partial charge in [0.2, 0.25) is 5.91 Å². The molecule has 0 radical (unpaired) electrons. The van der Waals surface area contributed by atoms with Crippen LogP contribution >= 0.6 is 0 Å². The first-order valence-corrected chi connectivity index (χ1v) is 14.4. The van der Waals surface area contributed by atoms with Crippen LogP contribution in [0.1, 0.15) is 71.0 Å². The normalized spacial score (nSPS) is 23.4. The summed E-state index contributed by atoms with van der Waals surface area (Å²) in [6.45, 7) is 11.0. The van der Waals surface area contributed by atoms with Crippen LogP contribution in [0.5, 0.6) is 0 Å². The van der Waals surface area contributed by atoms with Gasteiger partial charge in [-0.15, -0.1) is 0 Å². The van der Waals surface area contributed by atoms with Crippen LogP contribution in [0.25, 0.3) is 11.3 Å². The number of hydrogen-bond acceptors (Lipinski definition) is 5. The Morgan fingerprint density at radius 3 is 2.38 bits per heavy atom. The highest BCUT2D eigenvalue weighted by atomic mass is 16.5. The van der Waals surface area contributed by atoms with E-state index in [9.17, 15) is 9.90 Å². The van der Waals surface area contributed by atoms with Crippen molar-refractivity contribution in [3.05, 3.63) is 71.7 Å². The number of nitrogens with zero attached hydrogens (tertiary/aromatic N) is 2. The number of aliphatic hydroxyl groups excluding tert-OH is 1. The van der Waals surface area contributed by atoms with Gasteiger partial charge in [0.25, 0.3) is 0 Å². The van der Waals surface area contributed by atoms with Gasteiger partial charge in [-0.2, -0.15) is 0 Å². The highest BCUT2D eigenvalue weighted by Gasteiger charge is 2.32. The number of aryl methyl sites for hydroxylation is 1. The second kappa shape index (κ2) is 13.3. The van der Waals surface area contributed by atoms with Crippen molar-refractivity contribution in [3.63, 3.8) is 0 Å². The van der Waals surface area contributed by atoms with E-state index in [0.717, 1.165) is 78.1 Å². The molecule has 2 saturated carbocycles. The number of hydrogen-bond donors (Lipinski definition) is 1. The van der Waals surface area contributed by atoms with Gasteiger partial charge in [-0.25, -0.2) is 0 Å². The Morgan fingerprint density at radius 1 is 1.08 bits per heavy atom. The van der Waals surface area contributed by atoms with Crippen molar-refractivity contribution >= 4 is 11.6 Å². The molecule has 6 nitrogen and oxygen atoms in total. The highest BCUT2D eigenvalue weighted by molar-refractivity contribution is 5.95. The third kappa shape index (κ3) is 7.51. The summed E-state index contributed by atoms with van der Waals surface area (Å²) in [5.41, 5.74) is 4.92. The summed E-state index contributed by atoms with van der Waals surface area (Å²) in [5, 5.41) is 14.2. The zero-order chi connectivity index (χ0) is 27.9. The van der Waals surface area contributed by atoms with Crippen LogP contribution in [-0.2, 0) is 9.53 Å². The van der Waals surface area contributed by atoms with Gasteiger partial charge < -0.3 is 19.3 Å². The molecule has 1 N–H and O–H groups in total. The predicted octanol–water partition coefficient (Wildman–Crippen LogP) is 7.39. The number of carbonyl (C=O) groups is 1. The van der Waals surface area contributed by atoms with E-state index in [1.54, 1.807) is 7.11 Å². The van der Waals surface area contributed by atoms with Crippen molar-refractivity contribution in [2.24, 2.45) is 17.8 Å². The van der Waals surface area contributed by atoms with E-state index in [1.165, 1.54) is 0 Å². The summed E-state index contributed by atoms with van der Waals surface area (Å²) in [6, 6.07) is 10.0. The van der Waals surface area contributed by atoms with Crippen LogP contribution in [0.4, 0.5) is 5.69 Å². The summed E-state index contributed by atoms with van der Waals surface area (Å²) in [7, 11) is 1.70. The van der Waals surface area contributed by atoms with Crippen LogP contribution in [0.15, 0.2) is 70.5 Å². The molecule has 6 heteroatoms. The van der Waals surface area contributed by atoms with E-state index < -0.39 is 0 Å². The van der Waals surface area contributed by atoms with E-state index in [2.05, 4.69) is 23.9 Å². The van der Waals surface area contributed by atoms with E-state index in [0.29, 0.717) is 31.2 Å².